The molecule has 2 N–H and O–H groups in total. The van der Waals surface area contributed by atoms with Crippen LogP contribution in [0.25, 0.3) is 11.3 Å². The van der Waals surface area contributed by atoms with Crippen LogP contribution in [-0.2, 0) is 9.53 Å². The lowest BCUT2D eigenvalue weighted by Crippen LogP contribution is -2.45. The van der Waals surface area contributed by atoms with Crippen molar-refractivity contribution in [2.24, 2.45) is 0 Å². The highest BCUT2D eigenvalue weighted by Gasteiger charge is 2.22. The number of thiazole rings is 1. The van der Waals surface area contributed by atoms with Gasteiger partial charge in [0.05, 0.1) is 12.3 Å². The number of nitrogens with one attached hydrogen (secondary N) is 2. The second kappa shape index (κ2) is 6.53. The lowest BCUT2D eigenvalue weighted by atomic mass is 10.2. The van der Waals surface area contributed by atoms with E-state index < -0.39 is 6.10 Å². The molecule has 1 unspecified atom stereocenters. The number of amides is 1. The number of anilines is 1. The molecule has 2 heterocycles. The fourth-order valence-corrected chi connectivity index (χ4v) is 2.99. The molecule has 3 rings (SSSR count). The van der Waals surface area contributed by atoms with Gasteiger partial charge in [0.25, 0.3) is 5.91 Å². The number of nitrogens with zero attached hydrogens (tertiary/aromatic N) is 1. The van der Waals surface area contributed by atoms with E-state index in [1.807, 2.05) is 29.6 Å². The van der Waals surface area contributed by atoms with Crippen LogP contribution in [0.4, 0.5) is 5.13 Å². The Balaban J connectivity index is 1.70. The minimum Gasteiger partial charge on any atom is -0.366 e. The van der Waals surface area contributed by atoms with Gasteiger partial charge in [-0.25, -0.2) is 4.98 Å². The third kappa shape index (κ3) is 3.41. The topological polar surface area (TPSA) is 63.2 Å². The minimum atomic E-state index is -0.466. The standard InChI is InChI=1S/C14H14ClN3O2S/c15-10-4-2-1-3-9(10)11-8-21-14(17-11)18-13(19)12-7-16-5-6-20-12/h1-4,8,12,16H,5-7H2,(H,17,18,19). The zero-order valence-electron chi connectivity index (χ0n) is 11.1. The van der Waals surface area contributed by atoms with Gasteiger partial charge in [-0.2, -0.15) is 0 Å². The Morgan fingerprint density at radius 3 is 3.10 bits per heavy atom. The van der Waals surface area contributed by atoms with Gasteiger partial charge in [0.15, 0.2) is 5.13 Å². The second-order valence-corrected chi connectivity index (χ2v) is 5.84. The summed E-state index contributed by atoms with van der Waals surface area (Å²) in [6, 6.07) is 7.49. The molecule has 0 aliphatic carbocycles. The van der Waals surface area contributed by atoms with Crippen LogP contribution >= 0.6 is 22.9 Å². The molecule has 5 nitrogen and oxygen atoms in total. The van der Waals surface area contributed by atoms with Crippen molar-refractivity contribution in [2.45, 2.75) is 6.10 Å². The number of rotatable bonds is 3. The molecule has 1 saturated heterocycles. The summed E-state index contributed by atoms with van der Waals surface area (Å²) in [5.74, 6) is -0.178. The number of morpholine rings is 1. The van der Waals surface area contributed by atoms with E-state index in [1.54, 1.807) is 0 Å². The first kappa shape index (κ1) is 14.5. The minimum absolute atomic E-state index is 0.178. The molecule has 0 saturated carbocycles. The van der Waals surface area contributed by atoms with Crippen molar-refractivity contribution in [3.8, 4) is 11.3 Å². The number of carbonyl (C=O) groups is 1. The van der Waals surface area contributed by atoms with Gasteiger partial charge in [-0.3, -0.25) is 10.1 Å². The Kier molecular flexibility index (Phi) is 4.50. The van der Waals surface area contributed by atoms with Crippen LogP contribution in [0.1, 0.15) is 0 Å². The van der Waals surface area contributed by atoms with E-state index in [9.17, 15) is 4.79 Å². The highest BCUT2D eigenvalue weighted by Crippen LogP contribution is 2.30. The smallest absolute Gasteiger partial charge is 0.256 e. The number of ether oxygens (including phenoxy) is 1. The molecular weight excluding hydrogens is 310 g/mol. The Hall–Kier alpha value is -1.47. The van der Waals surface area contributed by atoms with Crippen molar-refractivity contribution in [3.05, 3.63) is 34.7 Å². The van der Waals surface area contributed by atoms with Gasteiger partial charge in [0, 0.05) is 29.1 Å². The second-order valence-electron chi connectivity index (χ2n) is 4.57. The molecule has 2 aromatic rings. The maximum atomic E-state index is 12.0. The predicted octanol–water partition coefficient (Wildman–Crippen LogP) is 2.39. The Morgan fingerprint density at radius 1 is 1.48 bits per heavy atom. The molecule has 1 aliphatic rings. The Morgan fingerprint density at radius 2 is 2.33 bits per heavy atom. The predicted molar refractivity (Wildman–Crippen MR) is 83.8 cm³/mol. The highest BCUT2D eigenvalue weighted by atomic mass is 35.5. The molecule has 1 fully saturated rings. The normalized spacial score (nSPS) is 18.4. The van der Waals surface area contributed by atoms with Crippen molar-refractivity contribution in [2.75, 3.05) is 25.0 Å². The van der Waals surface area contributed by atoms with Gasteiger partial charge in [-0.15, -0.1) is 11.3 Å². The summed E-state index contributed by atoms with van der Waals surface area (Å²) in [5, 5.41) is 8.96. The van der Waals surface area contributed by atoms with E-state index >= 15 is 0 Å². The number of benzene rings is 1. The summed E-state index contributed by atoms with van der Waals surface area (Å²) in [5.41, 5.74) is 1.61. The van der Waals surface area contributed by atoms with Crippen LogP contribution in [-0.4, -0.2) is 36.7 Å². The lowest BCUT2D eigenvalue weighted by Gasteiger charge is -2.22. The first-order valence-electron chi connectivity index (χ1n) is 6.57. The maximum absolute atomic E-state index is 12.0. The summed E-state index contributed by atoms with van der Waals surface area (Å²) >= 11 is 7.51. The summed E-state index contributed by atoms with van der Waals surface area (Å²) in [4.78, 5) is 16.4. The fraction of sp³-hybridized carbons (Fsp3) is 0.286. The van der Waals surface area contributed by atoms with E-state index in [-0.39, 0.29) is 5.91 Å². The zero-order valence-corrected chi connectivity index (χ0v) is 12.7. The molecule has 0 bridgehead atoms. The number of halogens is 1. The molecule has 110 valence electrons. The van der Waals surface area contributed by atoms with Crippen molar-refractivity contribution in [1.29, 1.82) is 0 Å². The molecule has 0 radical (unpaired) electrons. The van der Waals surface area contributed by atoms with Gasteiger partial charge in [0.2, 0.25) is 0 Å². The van der Waals surface area contributed by atoms with Gasteiger partial charge < -0.3 is 10.1 Å². The number of carbonyl (C=O) groups excluding carboxylic acids is 1. The molecule has 21 heavy (non-hydrogen) atoms. The largest absolute Gasteiger partial charge is 0.366 e. The molecule has 1 aromatic carbocycles. The number of hydrogen-bond donors (Lipinski definition) is 2. The average Bonchev–Trinajstić information content (AvgIpc) is 2.97. The molecule has 1 amide bonds. The van der Waals surface area contributed by atoms with Crippen LogP contribution < -0.4 is 10.6 Å². The number of hydrogen-bond acceptors (Lipinski definition) is 5. The van der Waals surface area contributed by atoms with Crippen LogP contribution in [0.2, 0.25) is 5.02 Å². The van der Waals surface area contributed by atoms with Crippen LogP contribution in [0.3, 0.4) is 0 Å². The number of aromatic nitrogens is 1. The molecule has 1 aliphatic heterocycles. The van der Waals surface area contributed by atoms with Crippen molar-refractivity contribution in [3.63, 3.8) is 0 Å². The SMILES string of the molecule is O=C(Nc1nc(-c2ccccc2Cl)cs1)C1CNCCO1. The van der Waals surface area contributed by atoms with Crippen molar-refractivity contribution >= 4 is 34.0 Å². The van der Waals surface area contributed by atoms with Crippen LogP contribution in [0.5, 0.6) is 0 Å². The van der Waals surface area contributed by atoms with E-state index in [4.69, 9.17) is 16.3 Å². The Labute approximate surface area is 131 Å². The zero-order chi connectivity index (χ0) is 14.7. The van der Waals surface area contributed by atoms with E-state index in [2.05, 4.69) is 15.6 Å². The van der Waals surface area contributed by atoms with E-state index in [0.29, 0.717) is 23.3 Å². The first-order chi connectivity index (χ1) is 10.2. The fourth-order valence-electron chi connectivity index (χ4n) is 2.04. The van der Waals surface area contributed by atoms with Gasteiger partial charge >= 0.3 is 0 Å². The monoisotopic (exact) mass is 323 g/mol. The average molecular weight is 324 g/mol. The molecule has 7 heteroatoms. The van der Waals surface area contributed by atoms with Gasteiger partial charge in [-0.05, 0) is 6.07 Å². The quantitative estimate of drug-likeness (QED) is 0.910. The first-order valence-corrected chi connectivity index (χ1v) is 7.83. The summed E-state index contributed by atoms with van der Waals surface area (Å²) in [7, 11) is 0. The third-order valence-corrected chi connectivity index (χ3v) is 4.19. The molecule has 0 spiro atoms. The third-order valence-electron chi connectivity index (χ3n) is 3.10. The van der Waals surface area contributed by atoms with E-state index in [0.717, 1.165) is 17.8 Å². The van der Waals surface area contributed by atoms with Crippen molar-refractivity contribution in [1.82, 2.24) is 10.3 Å². The van der Waals surface area contributed by atoms with Gasteiger partial charge in [0.1, 0.15) is 6.10 Å². The molecule has 1 atom stereocenters. The van der Waals surface area contributed by atoms with Crippen molar-refractivity contribution < 1.29 is 9.53 Å². The highest BCUT2D eigenvalue weighted by molar-refractivity contribution is 7.14. The molecular formula is C14H14ClN3O2S. The summed E-state index contributed by atoms with van der Waals surface area (Å²) in [6.45, 7) is 1.84. The summed E-state index contributed by atoms with van der Waals surface area (Å²) in [6.07, 6.45) is -0.466. The van der Waals surface area contributed by atoms with Crippen LogP contribution in [0.15, 0.2) is 29.6 Å². The lowest BCUT2D eigenvalue weighted by molar-refractivity contribution is -0.128. The van der Waals surface area contributed by atoms with Crippen LogP contribution in [0, 0.1) is 0 Å². The molecule has 1 aromatic heterocycles. The summed E-state index contributed by atoms with van der Waals surface area (Å²) < 4.78 is 5.40. The maximum Gasteiger partial charge on any atom is 0.256 e. The van der Waals surface area contributed by atoms with E-state index in [1.165, 1.54) is 11.3 Å². The Bertz CT molecular complexity index is 641. The van der Waals surface area contributed by atoms with Gasteiger partial charge in [-0.1, -0.05) is 29.8 Å².